The summed E-state index contributed by atoms with van der Waals surface area (Å²) in [6.07, 6.45) is 12.0. The van der Waals surface area contributed by atoms with Gasteiger partial charge in [-0.15, -0.1) is 0 Å². The van der Waals surface area contributed by atoms with Gasteiger partial charge in [0.1, 0.15) is 24.9 Å². The van der Waals surface area contributed by atoms with Crippen LogP contribution in [-0.2, 0) is 14.3 Å². The molecule has 1 fully saturated rings. The van der Waals surface area contributed by atoms with Crippen LogP contribution in [0.2, 0.25) is 0 Å². The smallest absolute Gasteiger partial charge is 0.305 e. The number of hydrogen-bond acceptors (Lipinski definition) is 7. The van der Waals surface area contributed by atoms with Crippen molar-refractivity contribution in [3.05, 3.63) is 0 Å². The van der Waals surface area contributed by atoms with E-state index in [0.717, 1.165) is 19.3 Å². The maximum Gasteiger partial charge on any atom is 0.305 e. The van der Waals surface area contributed by atoms with Crippen LogP contribution < -0.4 is 0 Å². The lowest BCUT2D eigenvalue weighted by atomic mass is 10.0. The Morgan fingerprint density at radius 2 is 1.38 bits per heavy atom. The van der Waals surface area contributed by atoms with Crippen molar-refractivity contribution in [2.75, 3.05) is 13.2 Å². The molecule has 0 spiro atoms. The highest BCUT2D eigenvalue weighted by atomic mass is 16.7. The minimum atomic E-state index is -2.18. The van der Waals surface area contributed by atoms with E-state index in [9.17, 15) is 20.1 Å². The second-order valence-electron chi connectivity index (χ2n) is 8.27. The Balaban J connectivity index is 1.96. The van der Waals surface area contributed by atoms with E-state index in [1.807, 2.05) is 0 Å². The molecule has 0 amide bonds. The highest BCUT2D eigenvalue weighted by Crippen LogP contribution is 2.29. The molecule has 0 saturated carbocycles. The first-order valence-corrected chi connectivity index (χ1v) is 11.5. The van der Waals surface area contributed by atoms with Gasteiger partial charge in [-0.3, -0.25) is 4.79 Å². The van der Waals surface area contributed by atoms with Gasteiger partial charge in [-0.1, -0.05) is 84.0 Å². The van der Waals surface area contributed by atoms with Gasteiger partial charge in [0, 0.05) is 6.42 Å². The molecular formula is C22H42O7. The van der Waals surface area contributed by atoms with Gasteiger partial charge in [0.15, 0.2) is 0 Å². The third-order valence-electron chi connectivity index (χ3n) is 5.63. The van der Waals surface area contributed by atoms with Crippen molar-refractivity contribution < 1.29 is 34.7 Å². The number of rotatable bonds is 17. The molecule has 7 nitrogen and oxygen atoms in total. The van der Waals surface area contributed by atoms with Crippen molar-refractivity contribution in [2.45, 2.75) is 121 Å². The minimum absolute atomic E-state index is 0.246. The molecule has 1 heterocycles. The summed E-state index contributed by atoms with van der Waals surface area (Å²) in [5.74, 6) is -2.65. The average molecular weight is 419 g/mol. The lowest BCUT2D eigenvalue weighted by molar-refractivity contribution is -0.253. The molecule has 1 unspecified atom stereocenters. The summed E-state index contributed by atoms with van der Waals surface area (Å²) in [5.41, 5.74) is 0. The fraction of sp³-hybridized carbons (Fsp3) is 0.955. The molecule has 1 aliphatic rings. The molecular weight excluding hydrogens is 376 g/mol. The van der Waals surface area contributed by atoms with E-state index >= 15 is 0 Å². The number of aliphatic hydroxyl groups is 4. The first kappa shape index (κ1) is 26.3. The molecule has 4 N–H and O–H groups in total. The molecule has 0 aromatic heterocycles. The van der Waals surface area contributed by atoms with E-state index in [4.69, 9.17) is 14.6 Å². The van der Waals surface area contributed by atoms with E-state index in [-0.39, 0.29) is 6.42 Å². The Bertz CT molecular complexity index is 431. The van der Waals surface area contributed by atoms with Crippen molar-refractivity contribution in [1.82, 2.24) is 0 Å². The maximum absolute atomic E-state index is 11.8. The van der Waals surface area contributed by atoms with Gasteiger partial charge in [-0.25, -0.2) is 0 Å². The molecule has 172 valence electrons. The normalized spacial score (nSPS) is 26.7. The summed E-state index contributed by atoms with van der Waals surface area (Å²) in [4.78, 5) is 11.8. The number of aliphatic hydroxyl groups excluding tert-OH is 3. The summed E-state index contributed by atoms with van der Waals surface area (Å²) < 4.78 is 10.0. The fourth-order valence-corrected chi connectivity index (χ4v) is 3.68. The summed E-state index contributed by atoms with van der Waals surface area (Å²) in [5, 5.41) is 38.6. The van der Waals surface area contributed by atoms with E-state index in [0.29, 0.717) is 0 Å². The zero-order valence-corrected chi connectivity index (χ0v) is 18.1. The summed E-state index contributed by atoms with van der Waals surface area (Å²) >= 11 is 0. The Kier molecular flexibility index (Phi) is 13.7. The Labute approximate surface area is 175 Å². The van der Waals surface area contributed by atoms with Gasteiger partial charge in [0.25, 0.3) is 0 Å². The monoisotopic (exact) mass is 418 g/mol. The zero-order valence-electron chi connectivity index (χ0n) is 18.1. The first-order chi connectivity index (χ1) is 13.9. The SMILES string of the molecule is CCCCCCCCCCCCCCCC(=O)OCC1(O)O[C@H](CO)[C@@H](O)[C@@H]1O. The van der Waals surface area contributed by atoms with Crippen LogP contribution in [0.1, 0.15) is 96.8 Å². The third kappa shape index (κ3) is 10.2. The van der Waals surface area contributed by atoms with E-state index in [2.05, 4.69) is 6.92 Å². The summed E-state index contributed by atoms with van der Waals surface area (Å²) in [6, 6.07) is 0. The number of hydrogen-bond donors (Lipinski definition) is 4. The third-order valence-corrected chi connectivity index (χ3v) is 5.63. The number of carbonyl (C=O) groups is 1. The van der Waals surface area contributed by atoms with Gasteiger partial charge >= 0.3 is 5.97 Å². The Morgan fingerprint density at radius 1 is 0.897 bits per heavy atom. The molecule has 0 radical (unpaired) electrons. The van der Waals surface area contributed by atoms with Crippen molar-refractivity contribution in [1.29, 1.82) is 0 Å². The predicted octanol–water partition coefficient (Wildman–Crippen LogP) is 2.81. The molecule has 1 saturated heterocycles. The quantitative estimate of drug-likeness (QED) is 0.212. The highest BCUT2D eigenvalue weighted by molar-refractivity contribution is 5.69. The van der Waals surface area contributed by atoms with Crippen molar-refractivity contribution in [3.63, 3.8) is 0 Å². The predicted molar refractivity (Wildman–Crippen MR) is 110 cm³/mol. The van der Waals surface area contributed by atoms with Crippen molar-refractivity contribution >= 4 is 5.97 Å². The van der Waals surface area contributed by atoms with Crippen LogP contribution in [0, 0.1) is 0 Å². The molecule has 0 aromatic rings. The van der Waals surface area contributed by atoms with Gasteiger partial charge < -0.3 is 29.9 Å². The lowest BCUT2D eigenvalue weighted by Gasteiger charge is -2.25. The number of unbranched alkanes of at least 4 members (excludes halogenated alkanes) is 12. The standard InChI is InChI=1S/C22H42O7/c1-2-3-4-5-6-7-8-9-10-11-12-13-14-15-19(24)28-17-22(27)21(26)20(25)18(16-23)29-22/h18,20-21,23,25-27H,2-17H2,1H3/t18-,20-,21+,22?/m1/s1. The molecule has 1 rings (SSSR count). The summed E-state index contributed by atoms with van der Waals surface area (Å²) in [6.45, 7) is 1.12. The van der Waals surface area contributed by atoms with Crippen LogP contribution in [0.3, 0.4) is 0 Å². The van der Waals surface area contributed by atoms with Crippen LogP contribution in [0.25, 0.3) is 0 Å². The molecule has 4 atom stereocenters. The van der Waals surface area contributed by atoms with Crippen LogP contribution in [0.4, 0.5) is 0 Å². The van der Waals surface area contributed by atoms with Crippen LogP contribution >= 0.6 is 0 Å². The second kappa shape index (κ2) is 15.1. The Hall–Kier alpha value is -0.730. The van der Waals surface area contributed by atoms with E-state index in [1.54, 1.807) is 0 Å². The van der Waals surface area contributed by atoms with E-state index in [1.165, 1.54) is 64.2 Å². The molecule has 29 heavy (non-hydrogen) atoms. The van der Waals surface area contributed by atoms with Gasteiger partial charge in [-0.05, 0) is 6.42 Å². The highest BCUT2D eigenvalue weighted by Gasteiger charge is 2.54. The van der Waals surface area contributed by atoms with Crippen LogP contribution in [0.15, 0.2) is 0 Å². The number of esters is 1. The van der Waals surface area contributed by atoms with Crippen LogP contribution in [0.5, 0.6) is 0 Å². The first-order valence-electron chi connectivity index (χ1n) is 11.5. The van der Waals surface area contributed by atoms with Gasteiger partial charge in [-0.2, -0.15) is 0 Å². The molecule has 0 bridgehead atoms. The Morgan fingerprint density at radius 3 is 1.83 bits per heavy atom. The average Bonchev–Trinajstić information content (AvgIpc) is 2.94. The van der Waals surface area contributed by atoms with Crippen LogP contribution in [-0.4, -0.2) is 63.7 Å². The minimum Gasteiger partial charge on any atom is -0.460 e. The van der Waals surface area contributed by atoms with Crippen molar-refractivity contribution in [2.24, 2.45) is 0 Å². The molecule has 1 aliphatic heterocycles. The fourth-order valence-electron chi connectivity index (χ4n) is 3.68. The van der Waals surface area contributed by atoms with Gasteiger partial charge in [0.05, 0.1) is 6.61 Å². The molecule has 7 heteroatoms. The zero-order chi connectivity index (χ0) is 21.5. The number of carbonyl (C=O) groups excluding carboxylic acids is 1. The van der Waals surface area contributed by atoms with Gasteiger partial charge in [0.2, 0.25) is 5.79 Å². The largest absolute Gasteiger partial charge is 0.460 e. The second-order valence-corrected chi connectivity index (χ2v) is 8.27. The van der Waals surface area contributed by atoms with E-state index < -0.39 is 43.3 Å². The number of ether oxygens (including phenoxy) is 2. The molecule has 0 aromatic carbocycles. The topological polar surface area (TPSA) is 116 Å². The lowest BCUT2D eigenvalue weighted by Crippen LogP contribution is -2.47. The molecule has 0 aliphatic carbocycles. The maximum atomic E-state index is 11.8. The van der Waals surface area contributed by atoms with Crippen molar-refractivity contribution in [3.8, 4) is 0 Å². The summed E-state index contributed by atoms with van der Waals surface area (Å²) in [7, 11) is 0.